The lowest BCUT2D eigenvalue weighted by atomic mass is 10.1. The first-order chi connectivity index (χ1) is 16.9. The SMILES string of the molecule is CCNC(=O)/C(C#N)=c1\s/c(=C/Nc2cccc(NC(=O)CN3CCC(F)CC3)n2)c(=O)n1CC. The summed E-state index contributed by atoms with van der Waals surface area (Å²) >= 11 is 1.03. The van der Waals surface area contributed by atoms with E-state index in [1.54, 1.807) is 32.0 Å². The summed E-state index contributed by atoms with van der Waals surface area (Å²) < 4.78 is 15.2. The third-order valence-corrected chi connectivity index (χ3v) is 6.50. The maximum Gasteiger partial charge on any atom is 0.270 e. The van der Waals surface area contributed by atoms with Gasteiger partial charge in [-0.25, -0.2) is 9.37 Å². The van der Waals surface area contributed by atoms with Crippen molar-refractivity contribution >= 4 is 46.6 Å². The molecule has 2 amide bonds. The maximum atomic E-state index is 13.3. The van der Waals surface area contributed by atoms with Crippen LogP contribution in [0.1, 0.15) is 26.7 Å². The summed E-state index contributed by atoms with van der Waals surface area (Å²) in [4.78, 5) is 43.6. The Hall–Kier alpha value is -3.56. The van der Waals surface area contributed by atoms with Gasteiger partial charge in [0.05, 0.1) is 6.54 Å². The average molecular weight is 502 g/mol. The van der Waals surface area contributed by atoms with Crippen molar-refractivity contribution in [1.82, 2.24) is 19.8 Å². The van der Waals surface area contributed by atoms with Crippen molar-refractivity contribution in [3.8, 4) is 6.07 Å². The molecule has 2 aromatic rings. The molecule has 1 aliphatic rings. The van der Waals surface area contributed by atoms with E-state index >= 15 is 0 Å². The summed E-state index contributed by atoms with van der Waals surface area (Å²) in [6.07, 6.45) is 1.53. The van der Waals surface area contributed by atoms with Gasteiger partial charge in [-0.2, -0.15) is 5.26 Å². The molecule has 3 heterocycles. The zero-order chi connectivity index (χ0) is 25.4. The number of amides is 2. The normalized spacial score (nSPS) is 15.9. The maximum absolute atomic E-state index is 13.3. The standard InChI is InChI=1S/C23H28FN7O3S/c1-3-26-21(33)16(12-25)23-31(4-2)22(34)17(35-23)13-27-18-6-5-7-19(28-18)29-20(32)14-30-10-8-15(24)9-11-30/h5-7,13,15H,3-4,8-11,14H2,1-2H3,(H,26,33)(H2,27,28,29,32)/b17-13+,23-16-. The highest BCUT2D eigenvalue weighted by Gasteiger charge is 2.20. The van der Waals surface area contributed by atoms with Crippen molar-refractivity contribution in [1.29, 1.82) is 5.26 Å². The molecule has 0 spiro atoms. The molecule has 1 aliphatic heterocycles. The predicted molar refractivity (Wildman–Crippen MR) is 133 cm³/mol. The number of piperidine rings is 1. The molecule has 0 atom stereocenters. The molecule has 0 unspecified atom stereocenters. The van der Waals surface area contributed by atoms with E-state index in [-0.39, 0.29) is 28.2 Å². The number of halogens is 1. The Balaban J connectivity index is 1.77. The highest BCUT2D eigenvalue weighted by molar-refractivity contribution is 7.07. The Morgan fingerprint density at radius 1 is 1.29 bits per heavy atom. The van der Waals surface area contributed by atoms with E-state index in [1.807, 2.05) is 11.0 Å². The van der Waals surface area contributed by atoms with Gasteiger partial charge in [0.15, 0.2) is 5.57 Å². The second kappa shape index (κ2) is 12.2. The summed E-state index contributed by atoms with van der Waals surface area (Å²) in [5.41, 5.74) is -0.451. The molecule has 12 heteroatoms. The third kappa shape index (κ3) is 6.74. The predicted octanol–water partition coefficient (Wildman–Crippen LogP) is 0.358. The van der Waals surface area contributed by atoms with Gasteiger partial charge in [-0.15, -0.1) is 11.3 Å². The monoisotopic (exact) mass is 501 g/mol. The van der Waals surface area contributed by atoms with E-state index < -0.39 is 12.1 Å². The Kier molecular flexibility index (Phi) is 9.11. The molecule has 0 aliphatic carbocycles. The minimum Gasteiger partial charge on any atom is -0.352 e. The summed E-state index contributed by atoms with van der Waals surface area (Å²) in [6.45, 7) is 5.41. The van der Waals surface area contributed by atoms with Crippen LogP contribution in [0.5, 0.6) is 0 Å². The number of pyridine rings is 1. The second-order valence-corrected chi connectivity index (χ2v) is 8.89. The van der Waals surface area contributed by atoms with E-state index in [0.717, 1.165) is 11.3 Å². The minimum absolute atomic E-state index is 0.117. The average Bonchev–Trinajstić information content (AvgIpc) is 3.15. The molecule has 0 aromatic carbocycles. The van der Waals surface area contributed by atoms with Gasteiger partial charge in [0.2, 0.25) is 5.91 Å². The number of hydrogen-bond donors (Lipinski definition) is 3. The lowest BCUT2D eigenvalue weighted by molar-refractivity contribution is -0.118. The molecular formula is C23H28FN7O3S. The van der Waals surface area contributed by atoms with Crippen LogP contribution in [0, 0.1) is 11.3 Å². The Labute approximate surface area is 205 Å². The number of thiazole rings is 1. The third-order valence-electron chi connectivity index (χ3n) is 5.37. The summed E-state index contributed by atoms with van der Waals surface area (Å²) in [5, 5.41) is 17.7. The van der Waals surface area contributed by atoms with Crippen molar-refractivity contribution < 1.29 is 14.0 Å². The van der Waals surface area contributed by atoms with Crippen LogP contribution in [0.15, 0.2) is 23.0 Å². The number of nitriles is 1. The fourth-order valence-electron chi connectivity index (χ4n) is 3.61. The van der Waals surface area contributed by atoms with Crippen LogP contribution in [0.4, 0.5) is 16.0 Å². The molecular weight excluding hydrogens is 473 g/mol. The van der Waals surface area contributed by atoms with Crippen LogP contribution in [-0.2, 0) is 16.1 Å². The topological polar surface area (TPSA) is 132 Å². The number of nitrogens with zero attached hydrogens (tertiary/aromatic N) is 4. The molecule has 3 rings (SSSR count). The molecule has 3 N–H and O–H groups in total. The van der Waals surface area contributed by atoms with Crippen molar-refractivity contribution in [3.05, 3.63) is 37.7 Å². The molecule has 35 heavy (non-hydrogen) atoms. The van der Waals surface area contributed by atoms with Gasteiger partial charge < -0.3 is 16.0 Å². The van der Waals surface area contributed by atoms with E-state index in [0.29, 0.717) is 55.2 Å². The van der Waals surface area contributed by atoms with Crippen molar-refractivity contribution in [3.63, 3.8) is 0 Å². The summed E-state index contributed by atoms with van der Waals surface area (Å²) in [5.74, 6) is -0.0404. The molecule has 0 saturated carbocycles. The molecule has 0 radical (unpaired) electrons. The van der Waals surface area contributed by atoms with Gasteiger partial charge in [-0.3, -0.25) is 23.9 Å². The Morgan fingerprint density at radius 2 is 2.00 bits per heavy atom. The second-order valence-electron chi connectivity index (χ2n) is 7.86. The van der Waals surface area contributed by atoms with Gasteiger partial charge in [0.1, 0.15) is 33.1 Å². The Bertz CT molecular complexity index is 1290. The number of likely N-dealkylation sites (tertiary alicyclic amines) is 1. The lowest BCUT2D eigenvalue weighted by Gasteiger charge is -2.27. The first-order valence-corrected chi connectivity index (χ1v) is 12.2. The van der Waals surface area contributed by atoms with Crippen LogP contribution in [0.25, 0.3) is 11.8 Å². The summed E-state index contributed by atoms with van der Waals surface area (Å²) in [6, 6.07) is 6.91. The van der Waals surface area contributed by atoms with Crippen molar-refractivity contribution in [2.45, 2.75) is 39.4 Å². The van der Waals surface area contributed by atoms with Gasteiger partial charge in [-0.05, 0) is 38.8 Å². The highest BCUT2D eigenvalue weighted by atomic mass is 32.1. The number of carbonyl (C=O) groups excluding carboxylic acids is 2. The van der Waals surface area contributed by atoms with E-state index in [9.17, 15) is 24.0 Å². The van der Waals surface area contributed by atoms with Crippen LogP contribution in [0.2, 0.25) is 0 Å². The van der Waals surface area contributed by atoms with Crippen molar-refractivity contribution in [2.24, 2.45) is 0 Å². The van der Waals surface area contributed by atoms with Crippen LogP contribution >= 0.6 is 11.3 Å². The number of alkyl halides is 1. The zero-order valence-electron chi connectivity index (χ0n) is 19.6. The minimum atomic E-state index is -0.797. The highest BCUT2D eigenvalue weighted by Crippen LogP contribution is 2.13. The largest absolute Gasteiger partial charge is 0.352 e. The first-order valence-electron chi connectivity index (χ1n) is 11.4. The fourth-order valence-corrected chi connectivity index (χ4v) is 4.69. The number of aromatic nitrogens is 2. The van der Waals surface area contributed by atoms with Gasteiger partial charge in [0, 0.05) is 32.4 Å². The molecule has 1 saturated heterocycles. The van der Waals surface area contributed by atoms with Crippen LogP contribution in [-0.4, -0.2) is 58.6 Å². The zero-order valence-corrected chi connectivity index (χ0v) is 20.5. The van der Waals surface area contributed by atoms with Crippen molar-refractivity contribution in [2.75, 3.05) is 36.8 Å². The number of rotatable bonds is 8. The molecule has 10 nitrogen and oxygen atoms in total. The Morgan fingerprint density at radius 3 is 2.66 bits per heavy atom. The number of hydrogen-bond acceptors (Lipinski definition) is 8. The summed E-state index contributed by atoms with van der Waals surface area (Å²) in [7, 11) is 0. The fraction of sp³-hybridized carbons (Fsp3) is 0.435. The number of anilines is 2. The number of nitrogens with one attached hydrogen (secondary N) is 3. The smallest absolute Gasteiger partial charge is 0.270 e. The quantitative estimate of drug-likeness (QED) is 0.476. The van der Waals surface area contributed by atoms with Gasteiger partial charge in [0.25, 0.3) is 11.5 Å². The first kappa shape index (κ1) is 26.1. The van der Waals surface area contributed by atoms with Crippen LogP contribution in [0.3, 0.4) is 0 Å². The molecule has 1 fully saturated rings. The van der Waals surface area contributed by atoms with Gasteiger partial charge in [-0.1, -0.05) is 6.07 Å². The molecule has 186 valence electrons. The van der Waals surface area contributed by atoms with E-state index in [4.69, 9.17) is 0 Å². The van der Waals surface area contributed by atoms with E-state index in [1.165, 1.54) is 10.8 Å². The van der Waals surface area contributed by atoms with Gasteiger partial charge >= 0.3 is 0 Å². The number of carbonyl (C=O) groups is 2. The van der Waals surface area contributed by atoms with E-state index in [2.05, 4.69) is 20.9 Å². The molecule has 0 bridgehead atoms. The molecule has 2 aromatic heterocycles. The lowest BCUT2D eigenvalue weighted by Crippen LogP contribution is -2.39. The van der Waals surface area contributed by atoms with Crippen LogP contribution < -0.4 is 30.7 Å².